The van der Waals surface area contributed by atoms with Crippen LogP contribution in [0.4, 0.5) is 5.69 Å². The molecule has 0 bridgehead atoms. The molecule has 0 radical (unpaired) electrons. The quantitative estimate of drug-likeness (QED) is 0.709. The lowest BCUT2D eigenvalue weighted by Gasteiger charge is -2.05. The third-order valence-corrected chi connectivity index (χ3v) is 3.40. The number of hydrogen-bond acceptors (Lipinski definition) is 3. The van der Waals surface area contributed by atoms with Gasteiger partial charge in [0.25, 0.3) is 0 Å². The largest absolute Gasteiger partial charge is 0.326 e. The van der Waals surface area contributed by atoms with E-state index in [1.54, 1.807) is 24.4 Å². The van der Waals surface area contributed by atoms with E-state index in [2.05, 4.69) is 15.5 Å². The number of aromatic amines is 1. The molecule has 1 aromatic heterocycles. The maximum absolute atomic E-state index is 11.9. The fourth-order valence-corrected chi connectivity index (χ4v) is 2.24. The van der Waals surface area contributed by atoms with E-state index < -0.39 is 0 Å². The van der Waals surface area contributed by atoms with Gasteiger partial charge >= 0.3 is 0 Å². The Morgan fingerprint density at radius 2 is 1.86 bits per heavy atom. The molecule has 0 saturated carbocycles. The minimum atomic E-state index is -0.174. The zero-order valence-electron chi connectivity index (χ0n) is 11.9. The van der Waals surface area contributed by atoms with Crippen molar-refractivity contribution in [2.24, 2.45) is 0 Å². The van der Waals surface area contributed by atoms with Crippen molar-refractivity contribution in [1.29, 1.82) is 0 Å². The van der Waals surface area contributed by atoms with E-state index in [1.165, 1.54) is 0 Å². The molecule has 0 aliphatic carbocycles. The number of benzene rings is 2. The monoisotopic (exact) mass is 293 g/mol. The molecule has 5 nitrogen and oxygen atoms in total. The van der Waals surface area contributed by atoms with Crippen LogP contribution >= 0.6 is 0 Å². The van der Waals surface area contributed by atoms with Crippen LogP contribution in [0.5, 0.6) is 0 Å². The summed E-state index contributed by atoms with van der Waals surface area (Å²) in [5, 5.41) is 10.5. The normalized spacial score (nSPS) is 10.5. The van der Waals surface area contributed by atoms with E-state index in [4.69, 9.17) is 0 Å². The molecule has 22 heavy (non-hydrogen) atoms. The Hall–Kier alpha value is -2.95. The molecule has 1 amide bonds. The first-order chi connectivity index (χ1) is 10.7. The van der Waals surface area contributed by atoms with Crippen molar-refractivity contribution < 1.29 is 9.59 Å². The van der Waals surface area contributed by atoms with Crippen molar-refractivity contribution in [3.8, 4) is 0 Å². The molecule has 0 atom stereocenters. The summed E-state index contributed by atoms with van der Waals surface area (Å²) in [5.74, 6) is -0.201. The molecule has 0 aliphatic heterocycles. The SMILES string of the molecule is O=C(CCC(=O)c1ccccc1)Nc1ccc2[nH]ncc2c1. The van der Waals surface area contributed by atoms with Gasteiger partial charge in [-0.3, -0.25) is 14.7 Å². The zero-order valence-corrected chi connectivity index (χ0v) is 11.9. The summed E-state index contributed by atoms with van der Waals surface area (Å²) in [6.45, 7) is 0. The Kier molecular flexibility index (Phi) is 3.96. The Labute approximate surface area is 127 Å². The van der Waals surface area contributed by atoms with Crippen LogP contribution in [-0.4, -0.2) is 21.9 Å². The summed E-state index contributed by atoms with van der Waals surface area (Å²) < 4.78 is 0. The second-order valence-electron chi connectivity index (χ2n) is 5.01. The highest BCUT2D eigenvalue weighted by atomic mass is 16.2. The third-order valence-electron chi connectivity index (χ3n) is 3.40. The number of hydrogen-bond donors (Lipinski definition) is 2. The maximum atomic E-state index is 11.9. The number of carbonyl (C=O) groups is 2. The summed E-state index contributed by atoms with van der Waals surface area (Å²) in [7, 11) is 0. The van der Waals surface area contributed by atoms with Crippen LogP contribution in [0.2, 0.25) is 0 Å². The van der Waals surface area contributed by atoms with E-state index in [-0.39, 0.29) is 24.5 Å². The van der Waals surface area contributed by atoms with E-state index in [0.717, 1.165) is 10.9 Å². The van der Waals surface area contributed by atoms with Crippen molar-refractivity contribution >= 4 is 28.3 Å². The molecule has 3 rings (SSSR count). The summed E-state index contributed by atoms with van der Waals surface area (Å²) in [6, 6.07) is 14.5. The van der Waals surface area contributed by atoms with Crippen LogP contribution in [0.3, 0.4) is 0 Å². The summed E-state index contributed by atoms with van der Waals surface area (Å²) >= 11 is 0. The molecule has 0 unspecified atom stereocenters. The number of Topliss-reactive ketones (excluding diaryl/α,β-unsaturated/α-hetero) is 1. The minimum Gasteiger partial charge on any atom is -0.326 e. The van der Waals surface area contributed by atoms with Gasteiger partial charge in [0.05, 0.1) is 11.7 Å². The Bertz CT molecular complexity index is 809. The molecule has 5 heteroatoms. The molecule has 110 valence electrons. The number of carbonyl (C=O) groups excluding carboxylic acids is 2. The Balaban J connectivity index is 1.57. The number of amides is 1. The summed E-state index contributed by atoms with van der Waals surface area (Å²) in [5.41, 5.74) is 2.25. The van der Waals surface area contributed by atoms with Gasteiger partial charge in [0, 0.05) is 29.5 Å². The first-order valence-electron chi connectivity index (χ1n) is 7.03. The predicted octanol–water partition coefficient (Wildman–Crippen LogP) is 3.16. The first-order valence-corrected chi connectivity index (χ1v) is 7.03. The summed E-state index contributed by atoms with van der Waals surface area (Å²) in [6.07, 6.45) is 2.06. The van der Waals surface area contributed by atoms with E-state index >= 15 is 0 Å². The van der Waals surface area contributed by atoms with E-state index in [9.17, 15) is 9.59 Å². The van der Waals surface area contributed by atoms with Gasteiger partial charge in [-0.2, -0.15) is 5.10 Å². The lowest BCUT2D eigenvalue weighted by Crippen LogP contribution is -2.13. The van der Waals surface area contributed by atoms with Crippen molar-refractivity contribution in [1.82, 2.24) is 10.2 Å². The molecular formula is C17H15N3O2. The maximum Gasteiger partial charge on any atom is 0.224 e. The fraction of sp³-hybridized carbons (Fsp3) is 0.118. The number of H-pyrrole nitrogens is 1. The van der Waals surface area contributed by atoms with Gasteiger partial charge in [-0.25, -0.2) is 0 Å². The minimum absolute atomic E-state index is 0.0268. The second-order valence-corrected chi connectivity index (χ2v) is 5.01. The number of rotatable bonds is 5. The molecule has 0 fully saturated rings. The van der Waals surface area contributed by atoms with Gasteiger partial charge in [-0.1, -0.05) is 30.3 Å². The summed E-state index contributed by atoms with van der Waals surface area (Å²) in [4.78, 5) is 23.9. The van der Waals surface area contributed by atoms with Crippen LogP contribution in [0, 0.1) is 0 Å². The number of fused-ring (bicyclic) bond motifs is 1. The zero-order chi connectivity index (χ0) is 15.4. The predicted molar refractivity (Wildman–Crippen MR) is 84.7 cm³/mol. The molecule has 0 saturated heterocycles. The number of nitrogens with one attached hydrogen (secondary N) is 2. The van der Waals surface area contributed by atoms with Gasteiger partial charge in [0.2, 0.25) is 5.91 Å². The highest BCUT2D eigenvalue weighted by molar-refractivity contribution is 6.00. The average Bonchev–Trinajstić information content (AvgIpc) is 3.01. The van der Waals surface area contributed by atoms with Gasteiger partial charge in [0.15, 0.2) is 5.78 Å². The Morgan fingerprint density at radius 1 is 1.05 bits per heavy atom. The highest BCUT2D eigenvalue weighted by Gasteiger charge is 2.09. The number of nitrogens with zero attached hydrogens (tertiary/aromatic N) is 1. The van der Waals surface area contributed by atoms with Gasteiger partial charge in [-0.15, -0.1) is 0 Å². The molecule has 3 aromatic rings. The topological polar surface area (TPSA) is 74.8 Å². The standard InChI is InChI=1S/C17H15N3O2/c21-16(12-4-2-1-3-5-12)8-9-17(22)19-14-6-7-15-13(10-14)11-18-20-15/h1-7,10-11H,8-9H2,(H,18,20)(H,19,22). The van der Waals surface area contributed by atoms with Crippen LogP contribution in [0.15, 0.2) is 54.7 Å². The molecule has 0 aliphatic rings. The molecule has 0 spiro atoms. The third kappa shape index (κ3) is 3.20. The van der Waals surface area contributed by atoms with Crippen LogP contribution in [0.25, 0.3) is 10.9 Å². The van der Waals surface area contributed by atoms with E-state index in [0.29, 0.717) is 11.3 Å². The molecule has 2 N–H and O–H groups in total. The van der Waals surface area contributed by atoms with E-state index in [1.807, 2.05) is 30.3 Å². The first kappa shape index (κ1) is 14.0. The van der Waals surface area contributed by atoms with Gasteiger partial charge in [0.1, 0.15) is 0 Å². The van der Waals surface area contributed by atoms with Gasteiger partial charge < -0.3 is 5.32 Å². The molecule has 2 aromatic carbocycles. The lowest BCUT2D eigenvalue weighted by molar-refractivity contribution is -0.116. The fourth-order valence-electron chi connectivity index (χ4n) is 2.24. The smallest absolute Gasteiger partial charge is 0.224 e. The number of ketones is 1. The Morgan fingerprint density at radius 3 is 2.68 bits per heavy atom. The number of anilines is 1. The van der Waals surface area contributed by atoms with Gasteiger partial charge in [-0.05, 0) is 18.2 Å². The van der Waals surface area contributed by atoms with Crippen molar-refractivity contribution in [3.63, 3.8) is 0 Å². The molecular weight excluding hydrogens is 278 g/mol. The van der Waals surface area contributed by atoms with Crippen molar-refractivity contribution in [2.75, 3.05) is 5.32 Å². The number of aromatic nitrogens is 2. The second kappa shape index (κ2) is 6.22. The molecule has 1 heterocycles. The van der Waals surface area contributed by atoms with Crippen LogP contribution in [0.1, 0.15) is 23.2 Å². The van der Waals surface area contributed by atoms with Crippen LogP contribution < -0.4 is 5.32 Å². The van der Waals surface area contributed by atoms with Crippen molar-refractivity contribution in [2.45, 2.75) is 12.8 Å². The van der Waals surface area contributed by atoms with Crippen molar-refractivity contribution in [3.05, 3.63) is 60.3 Å². The average molecular weight is 293 g/mol. The highest BCUT2D eigenvalue weighted by Crippen LogP contribution is 2.17. The van der Waals surface area contributed by atoms with Crippen LogP contribution in [-0.2, 0) is 4.79 Å². The lowest BCUT2D eigenvalue weighted by atomic mass is 10.1.